The molecule has 2 aromatic carbocycles. The minimum absolute atomic E-state index is 0.0270. The Morgan fingerprint density at radius 1 is 0.964 bits per heavy atom. The molecule has 5 heteroatoms. The predicted molar refractivity (Wildman–Crippen MR) is 114 cm³/mol. The molecule has 1 fully saturated rings. The molecule has 28 heavy (non-hydrogen) atoms. The summed E-state index contributed by atoms with van der Waals surface area (Å²) < 4.78 is 0. The maximum absolute atomic E-state index is 12.6. The molecule has 0 saturated carbocycles. The highest BCUT2D eigenvalue weighted by atomic mass is 16.2. The fraction of sp³-hybridized carbons (Fsp3) is 0.391. The van der Waals surface area contributed by atoms with Gasteiger partial charge in [0.15, 0.2) is 0 Å². The van der Waals surface area contributed by atoms with Crippen molar-refractivity contribution < 1.29 is 9.59 Å². The van der Waals surface area contributed by atoms with E-state index in [0.29, 0.717) is 12.0 Å². The van der Waals surface area contributed by atoms with E-state index in [1.165, 1.54) is 24.8 Å². The minimum atomic E-state index is -0.127. The van der Waals surface area contributed by atoms with Crippen LogP contribution >= 0.6 is 0 Å². The van der Waals surface area contributed by atoms with Gasteiger partial charge in [-0.3, -0.25) is 14.5 Å². The molecule has 5 nitrogen and oxygen atoms in total. The number of nitrogens with zero attached hydrogens (tertiary/aromatic N) is 1. The second kappa shape index (κ2) is 9.51. The number of anilines is 2. The summed E-state index contributed by atoms with van der Waals surface area (Å²) in [5, 5.41) is 5.79. The molecule has 0 unspecified atom stereocenters. The van der Waals surface area contributed by atoms with Crippen molar-refractivity contribution in [2.45, 2.75) is 46.1 Å². The quantitative estimate of drug-likeness (QED) is 0.772. The van der Waals surface area contributed by atoms with Crippen LogP contribution in [-0.4, -0.2) is 29.8 Å². The molecular formula is C23H29N3O2. The van der Waals surface area contributed by atoms with Crippen molar-refractivity contribution in [3.8, 4) is 0 Å². The summed E-state index contributed by atoms with van der Waals surface area (Å²) in [6.07, 6.45) is 4.33. The highest BCUT2D eigenvalue weighted by molar-refractivity contribution is 6.04. The highest BCUT2D eigenvalue weighted by Crippen LogP contribution is 2.21. The van der Waals surface area contributed by atoms with E-state index >= 15 is 0 Å². The summed E-state index contributed by atoms with van der Waals surface area (Å²) in [4.78, 5) is 26.6. The van der Waals surface area contributed by atoms with Crippen molar-refractivity contribution in [3.05, 3.63) is 59.2 Å². The fourth-order valence-corrected chi connectivity index (χ4v) is 3.46. The number of piperidine rings is 1. The number of hydrogen-bond donors (Lipinski definition) is 2. The van der Waals surface area contributed by atoms with Gasteiger partial charge in [-0.1, -0.05) is 25.5 Å². The van der Waals surface area contributed by atoms with Crippen LogP contribution in [0.4, 0.5) is 11.4 Å². The van der Waals surface area contributed by atoms with Crippen LogP contribution in [-0.2, 0) is 11.3 Å². The van der Waals surface area contributed by atoms with Crippen molar-refractivity contribution >= 4 is 23.2 Å². The Hall–Kier alpha value is -2.66. The smallest absolute Gasteiger partial charge is 0.255 e. The van der Waals surface area contributed by atoms with Gasteiger partial charge < -0.3 is 10.6 Å². The number of nitrogens with one attached hydrogen (secondary N) is 2. The molecule has 1 saturated heterocycles. The van der Waals surface area contributed by atoms with E-state index in [1.54, 1.807) is 6.07 Å². The van der Waals surface area contributed by atoms with Gasteiger partial charge in [0.1, 0.15) is 0 Å². The van der Waals surface area contributed by atoms with Crippen LogP contribution in [0.1, 0.15) is 54.1 Å². The van der Waals surface area contributed by atoms with E-state index in [0.717, 1.165) is 36.6 Å². The Balaban J connectivity index is 1.60. The van der Waals surface area contributed by atoms with Crippen LogP contribution in [0.5, 0.6) is 0 Å². The van der Waals surface area contributed by atoms with Gasteiger partial charge in [0.2, 0.25) is 5.91 Å². The predicted octanol–water partition coefficient (Wildman–Crippen LogP) is 4.58. The molecule has 148 valence electrons. The third-order valence-electron chi connectivity index (χ3n) is 5.15. The van der Waals surface area contributed by atoms with Crippen molar-refractivity contribution in [1.82, 2.24) is 4.90 Å². The Morgan fingerprint density at radius 3 is 2.32 bits per heavy atom. The van der Waals surface area contributed by atoms with Gasteiger partial charge in [0, 0.05) is 29.9 Å². The topological polar surface area (TPSA) is 61.4 Å². The molecule has 0 radical (unpaired) electrons. The van der Waals surface area contributed by atoms with Crippen LogP contribution in [0.2, 0.25) is 0 Å². The molecule has 0 bridgehead atoms. The molecule has 0 aromatic heterocycles. The maximum atomic E-state index is 12.6. The zero-order valence-corrected chi connectivity index (χ0v) is 16.8. The van der Waals surface area contributed by atoms with Crippen molar-refractivity contribution in [1.29, 1.82) is 0 Å². The zero-order chi connectivity index (χ0) is 19.9. The van der Waals surface area contributed by atoms with Crippen molar-refractivity contribution in [3.63, 3.8) is 0 Å². The van der Waals surface area contributed by atoms with Gasteiger partial charge in [-0.15, -0.1) is 0 Å². The normalized spacial score (nSPS) is 14.5. The van der Waals surface area contributed by atoms with Crippen LogP contribution in [0.15, 0.2) is 42.5 Å². The summed E-state index contributed by atoms with van der Waals surface area (Å²) >= 11 is 0. The van der Waals surface area contributed by atoms with Crippen LogP contribution < -0.4 is 10.6 Å². The number of amides is 2. The van der Waals surface area contributed by atoms with Crippen LogP contribution in [0, 0.1) is 6.92 Å². The summed E-state index contributed by atoms with van der Waals surface area (Å²) in [5.74, 6) is -0.154. The standard InChI is InChI=1S/C23H29N3O2/c1-3-22(27)24-20-11-12-21(17(2)15-20)25-23(28)19-9-7-18(8-10-19)16-26-13-5-4-6-14-26/h7-12,15H,3-6,13-14,16H2,1-2H3,(H,24,27)(H,25,28). The molecule has 3 rings (SSSR count). The fourth-order valence-electron chi connectivity index (χ4n) is 3.46. The largest absolute Gasteiger partial charge is 0.326 e. The Morgan fingerprint density at radius 2 is 1.68 bits per heavy atom. The van der Waals surface area contributed by atoms with Gasteiger partial charge in [0.05, 0.1) is 0 Å². The second-order valence-corrected chi connectivity index (χ2v) is 7.42. The lowest BCUT2D eigenvalue weighted by Crippen LogP contribution is -2.29. The second-order valence-electron chi connectivity index (χ2n) is 7.42. The highest BCUT2D eigenvalue weighted by Gasteiger charge is 2.12. The lowest BCUT2D eigenvalue weighted by atomic mass is 10.1. The van der Waals surface area contributed by atoms with Crippen LogP contribution in [0.3, 0.4) is 0 Å². The first-order valence-corrected chi connectivity index (χ1v) is 10.1. The number of rotatable bonds is 6. The summed E-state index contributed by atoms with van der Waals surface area (Å²) in [7, 11) is 0. The third-order valence-corrected chi connectivity index (χ3v) is 5.15. The molecule has 2 N–H and O–H groups in total. The lowest BCUT2D eigenvalue weighted by molar-refractivity contribution is -0.115. The molecule has 0 aliphatic carbocycles. The number of carbonyl (C=O) groups excluding carboxylic acids is 2. The Bertz CT molecular complexity index is 824. The van der Waals surface area contributed by atoms with Crippen molar-refractivity contribution in [2.24, 2.45) is 0 Å². The van der Waals surface area contributed by atoms with E-state index in [-0.39, 0.29) is 11.8 Å². The molecule has 1 heterocycles. The molecule has 0 atom stereocenters. The van der Waals surface area contributed by atoms with Gasteiger partial charge >= 0.3 is 0 Å². The van der Waals surface area contributed by atoms with E-state index in [9.17, 15) is 9.59 Å². The van der Waals surface area contributed by atoms with Gasteiger partial charge in [-0.2, -0.15) is 0 Å². The number of likely N-dealkylation sites (tertiary alicyclic amines) is 1. The van der Waals surface area contributed by atoms with Gasteiger partial charge in [-0.05, 0) is 74.3 Å². The lowest BCUT2D eigenvalue weighted by Gasteiger charge is -2.26. The summed E-state index contributed by atoms with van der Waals surface area (Å²) in [6.45, 7) is 7.01. The summed E-state index contributed by atoms with van der Waals surface area (Å²) in [6, 6.07) is 13.4. The maximum Gasteiger partial charge on any atom is 0.255 e. The first-order valence-electron chi connectivity index (χ1n) is 10.1. The summed E-state index contributed by atoms with van der Waals surface area (Å²) in [5.41, 5.74) is 4.28. The van der Waals surface area contributed by atoms with Gasteiger partial charge in [-0.25, -0.2) is 0 Å². The molecule has 1 aliphatic heterocycles. The molecule has 2 aromatic rings. The zero-order valence-electron chi connectivity index (χ0n) is 16.8. The number of hydrogen-bond acceptors (Lipinski definition) is 3. The van der Waals surface area contributed by atoms with E-state index < -0.39 is 0 Å². The monoisotopic (exact) mass is 379 g/mol. The molecule has 0 spiro atoms. The number of benzene rings is 2. The van der Waals surface area contributed by atoms with E-state index in [2.05, 4.69) is 15.5 Å². The molecule has 2 amide bonds. The first kappa shape index (κ1) is 20.1. The average molecular weight is 380 g/mol. The molecular weight excluding hydrogens is 350 g/mol. The van der Waals surface area contributed by atoms with Crippen LogP contribution in [0.25, 0.3) is 0 Å². The van der Waals surface area contributed by atoms with Gasteiger partial charge in [0.25, 0.3) is 5.91 Å². The Labute approximate surface area is 167 Å². The van der Waals surface area contributed by atoms with E-state index in [4.69, 9.17) is 0 Å². The number of aryl methyl sites for hydroxylation is 1. The molecule has 1 aliphatic rings. The van der Waals surface area contributed by atoms with E-state index in [1.807, 2.05) is 50.2 Å². The minimum Gasteiger partial charge on any atom is -0.326 e. The third kappa shape index (κ3) is 5.42. The Kier molecular flexibility index (Phi) is 6.82. The van der Waals surface area contributed by atoms with Crippen molar-refractivity contribution in [2.75, 3.05) is 23.7 Å². The number of carbonyl (C=O) groups is 2. The first-order chi connectivity index (χ1) is 13.5. The SMILES string of the molecule is CCC(=O)Nc1ccc(NC(=O)c2ccc(CN3CCCCC3)cc2)c(C)c1. The average Bonchev–Trinajstić information content (AvgIpc) is 2.71.